The van der Waals surface area contributed by atoms with Crippen LogP contribution in [0.3, 0.4) is 0 Å². The molecule has 1 aliphatic rings. The zero-order chi connectivity index (χ0) is 15.9. The molecule has 5 heteroatoms. The first-order valence-corrected chi connectivity index (χ1v) is 7.54. The summed E-state index contributed by atoms with van der Waals surface area (Å²) in [4.78, 5) is 24.0. The molecule has 1 aromatic rings. The molecule has 0 radical (unpaired) electrons. The molecule has 22 heavy (non-hydrogen) atoms. The number of nitrogens with one attached hydrogen (secondary N) is 1. The van der Waals surface area contributed by atoms with Crippen molar-refractivity contribution in [1.82, 2.24) is 5.32 Å². The van der Waals surface area contributed by atoms with Gasteiger partial charge in [0, 0.05) is 12.8 Å². The third kappa shape index (κ3) is 4.35. The van der Waals surface area contributed by atoms with E-state index in [1.165, 1.54) is 0 Å². The summed E-state index contributed by atoms with van der Waals surface area (Å²) in [5.74, 6) is -0.171. The molecule has 0 unspecified atom stereocenters. The molecule has 2 N–H and O–H groups in total. The van der Waals surface area contributed by atoms with Crippen LogP contribution < -0.4 is 5.32 Å². The van der Waals surface area contributed by atoms with Gasteiger partial charge in [-0.25, -0.2) is 4.79 Å². The SMILES string of the molecule is CCOC(=O)[C@H](Cc1ccc(O)cc1)NC1=CCCCC1=O. The van der Waals surface area contributed by atoms with Crippen molar-refractivity contribution < 1.29 is 19.4 Å². The molecule has 0 bridgehead atoms. The van der Waals surface area contributed by atoms with Gasteiger partial charge in [-0.05, 0) is 37.5 Å². The Hall–Kier alpha value is -2.30. The minimum Gasteiger partial charge on any atom is -0.508 e. The number of phenolic OH excluding ortho intramolecular Hbond substituents is 1. The monoisotopic (exact) mass is 303 g/mol. The van der Waals surface area contributed by atoms with E-state index in [1.54, 1.807) is 31.2 Å². The molecule has 1 aromatic carbocycles. The number of hydrogen-bond donors (Lipinski definition) is 2. The minimum absolute atomic E-state index is 0.0336. The van der Waals surface area contributed by atoms with Crippen molar-refractivity contribution >= 4 is 11.8 Å². The second-order valence-electron chi connectivity index (χ2n) is 5.25. The third-order valence-corrected chi connectivity index (χ3v) is 3.53. The Kier molecular flexibility index (Phi) is 5.58. The predicted octanol–water partition coefficient (Wildman–Crippen LogP) is 2.09. The van der Waals surface area contributed by atoms with Crippen LogP contribution in [-0.4, -0.2) is 29.5 Å². The Morgan fingerprint density at radius 2 is 2.09 bits per heavy atom. The largest absolute Gasteiger partial charge is 0.508 e. The Bertz CT molecular complexity index is 563. The number of aromatic hydroxyl groups is 1. The Morgan fingerprint density at radius 1 is 1.36 bits per heavy atom. The lowest BCUT2D eigenvalue weighted by Gasteiger charge is -2.21. The topological polar surface area (TPSA) is 75.6 Å². The highest BCUT2D eigenvalue weighted by atomic mass is 16.5. The summed E-state index contributed by atoms with van der Waals surface area (Å²) in [5.41, 5.74) is 1.38. The van der Waals surface area contributed by atoms with Gasteiger partial charge in [0.05, 0.1) is 12.3 Å². The maximum absolute atomic E-state index is 12.1. The first-order valence-electron chi connectivity index (χ1n) is 7.54. The van der Waals surface area contributed by atoms with Gasteiger partial charge in [0.2, 0.25) is 0 Å². The van der Waals surface area contributed by atoms with Crippen LogP contribution in [0.2, 0.25) is 0 Å². The number of Topliss-reactive ketones (excluding diaryl/α,β-unsaturated/α-hetero) is 1. The average Bonchev–Trinajstić information content (AvgIpc) is 2.51. The van der Waals surface area contributed by atoms with E-state index in [0.717, 1.165) is 18.4 Å². The molecule has 118 valence electrons. The van der Waals surface area contributed by atoms with Crippen LogP contribution >= 0.6 is 0 Å². The van der Waals surface area contributed by atoms with E-state index in [2.05, 4.69) is 5.32 Å². The van der Waals surface area contributed by atoms with Crippen molar-refractivity contribution in [3.63, 3.8) is 0 Å². The van der Waals surface area contributed by atoms with Gasteiger partial charge >= 0.3 is 5.97 Å². The van der Waals surface area contributed by atoms with Gasteiger partial charge in [-0.3, -0.25) is 4.79 Å². The number of benzene rings is 1. The highest BCUT2D eigenvalue weighted by Crippen LogP contribution is 2.15. The second kappa shape index (κ2) is 7.64. The van der Waals surface area contributed by atoms with Gasteiger partial charge in [-0.2, -0.15) is 0 Å². The van der Waals surface area contributed by atoms with E-state index in [9.17, 15) is 14.7 Å². The summed E-state index contributed by atoms with van der Waals surface area (Å²) in [6.07, 6.45) is 4.43. The third-order valence-electron chi connectivity index (χ3n) is 3.53. The van der Waals surface area contributed by atoms with E-state index in [4.69, 9.17) is 4.74 Å². The van der Waals surface area contributed by atoms with Crippen molar-refractivity contribution in [3.05, 3.63) is 41.6 Å². The number of phenols is 1. The number of hydrogen-bond acceptors (Lipinski definition) is 5. The predicted molar refractivity (Wildman–Crippen MR) is 82.3 cm³/mol. The first-order chi connectivity index (χ1) is 10.6. The maximum atomic E-state index is 12.1. The smallest absolute Gasteiger partial charge is 0.328 e. The van der Waals surface area contributed by atoms with Gasteiger partial charge in [-0.15, -0.1) is 0 Å². The average molecular weight is 303 g/mol. The molecular formula is C17H21NO4. The van der Waals surface area contributed by atoms with E-state index in [1.807, 2.05) is 6.08 Å². The molecule has 0 heterocycles. The van der Waals surface area contributed by atoms with Gasteiger partial charge < -0.3 is 15.2 Å². The highest BCUT2D eigenvalue weighted by molar-refractivity contribution is 5.96. The lowest BCUT2D eigenvalue weighted by Crippen LogP contribution is -2.41. The van der Waals surface area contributed by atoms with Crippen LogP contribution in [0.25, 0.3) is 0 Å². The van der Waals surface area contributed by atoms with Crippen molar-refractivity contribution in [2.45, 2.75) is 38.6 Å². The fraction of sp³-hybridized carbons (Fsp3) is 0.412. The standard InChI is InChI=1S/C17H21NO4/c1-2-22-17(21)15(11-12-7-9-13(19)10-8-12)18-14-5-3-4-6-16(14)20/h5,7-10,15,18-19H,2-4,6,11H2,1H3/t15-/m0/s1. The van der Waals surface area contributed by atoms with E-state index < -0.39 is 6.04 Å². The van der Waals surface area contributed by atoms with Crippen LogP contribution in [0, 0.1) is 0 Å². The number of allylic oxidation sites excluding steroid dienone is 2. The molecule has 1 aliphatic carbocycles. The molecule has 0 amide bonds. The molecule has 5 nitrogen and oxygen atoms in total. The zero-order valence-corrected chi connectivity index (χ0v) is 12.7. The highest BCUT2D eigenvalue weighted by Gasteiger charge is 2.24. The van der Waals surface area contributed by atoms with Gasteiger partial charge in [0.1, 0.15) is 11.8 Å². The summed E-state index contributed by atoms with van der Waals surface area (Å²) >= 11 is 0. The summed E-state index contributed by atoms with van der Waals surface area (Å²) < 4.78 is 5.09. The summed E-state index contributed by atoms with van der Waals surface area (Å²) in [6.45, 7) is 2.04. The molecule has 0 aliphatic heterocycles. The summed E-state index contributed by atoms with van der Waals surface area (Å²) in [7, 11) is 0. The number of ether oxygens (including phenoxy) is 1. The first kappa shape index (κ1) is 16.1. The van der Waals surface area contributed by atoms with E-state index in [0.29, 0.717) is 25.1 Å². The van der Waals surface area contributed by atoms with E-state index >= 15 is 0 Å². The Balaban J connectivity index is 2.11. The molecular weight excluding hydrogens is 282 g/mol. The van der Waals surface area contributed by atoms with Crippen LogP contribution in [-0.2, 0) is 20.7 Å². The molecule has 0 saturated heterocycles. The van der Waals surface area contributed by atoms with Gasteiger partial charge in [-0.1, -0.05) is 18.2 Å². The zero-order valence-electron chi connectivity index (χ0n) is 12.7. The lowest BCUT2D eigenvalue weighted by molar-refractivity contribution is -0.145. The van der Waals surface area contributed by atoms with Crippen molar-refractivity contribution in [2.75, 3.05) is 6.61 Å². The number of carbonyl (C=O) groups excluding carboxylic acids is 2. The normalized spacial score (nSPS) is 15.9. The Labute approximate surface area is 130 Å². The molecule has 0 aromatic heterocycles. The van der Waals surface area contributed by atoms with Crippen molar-refractivity contribution in [2.24, 2.45) is 0 Å². The molecule has 1 atom stereocenters. The van der Waals surface area contributed by atoms with Gasteiger partial charge in [0.15, 0.2) is 5.78 Å². The summed E-state index contributed by atoms with van der Waals surface area (Å²) in [6, 6.07) is 6.03. The lowest BCUT2D eigenvalue weighted by atomic mass is 10.0. The van der Waals surface area contributed by atoms with Crippen LogP contribution in [0.5, 0.6) is 5.75 Å². The van der Waals surface area contributed by atoms with Crippen LogP contribution in [0.15, 0.2) is 36.0 Å². The number of ketones is 1. The van der Waals surface area contributed by atoms with Crippen LogP contribution in [0.1, 0.15) is 31.7 Å². The number of carbonyl (C=O) groups is 2. The maximum Gasteiger partial charge on any atom is 0.328 e. The van der Waals surface area contributed by atoms with E-state index in [-0.39, 0.29) is 17.5 Å². The van der Waals surface area contributed by atoms with Gasteiger partial charge in [0.25, 0.3) is 0 Å². The second-order valence-corrected chi connectivity index (χ2v) is 5.25. The van der Waals surface area contributed by atoms with Crippen molar-refractivity contribution in [3.8, 4) is 5.75 Å². The molecule has 0 saturated carbocycles. The molecule has 0 spiro atoms. The fourth-order valence-electron chi connectivity index (χ4n) is 2.39. The fourth-order valence-corrected chi connectivity index (χ4v) is 2.39. The minimum atomic E-state index is -0.613. The number of esters is 1. The molecule has 2 rings (SSSR count). The Morgan fingerprint density at radius 3 is 2.73 bits per heavy atom. The van der Waals surface area contributed by atoms with Crippen LogP contribution in [0.4, 0.5) is 0 Å². The summed E-state index contributed by atoms with van der Waals surface area (Å²) in [5, 5.41) is 12.3. The number of rotatable bonds is 6. The quantitative estimate of drug-likeness (QED) is 0.787. The van der Waals surface area contributed by atoms with Crippen molar-refractivity contribution in [1.29, 1.82) is 0 Å². The molecule has 0 fully saturated rings.